The molecule has 4 aromatic rings. The first-order valence-corrected chi connectivity index (χ1v) is 11.7. The minimum absolute atomic E-state index is 0.00295. The van der Waals surface area contributed by atoms with Crippen molar-refractivity contribution in [1.82, 2.24) is 14.5 Å². The number of fused-ring (bicyclic) bond motifs is 1. The Kier molecular flexibility index (Phi) is 5.44. The molecular weight excluding hydrogens is 444 g/mol. The number of nitriles is 1. The van der Waals surface area contributed by atoms with E-state index in [1.54, 1.807) is 31.3 Å². The van der Waals surface area contributed by atoms with E-state index in [4.69, 9.17) is 4.98 Å². The highest BCUT2D eigenvalue weighted by Gasteiger charge is 2.34. The first kappa shape index (κ1) is 21.6. The molecular formula is C27H20N4O2S. The van der Waals surface area contributed by atoms with Gasteiger partial charge in [-0.15, -0.1) is 11.3 Å². The molecule has 34 heavy (non-hydrogen) atoms. The lowest BCUT2D eigenvalue weighted by Gasteiger charge is -2.26. The van der Waals surface area contributed by atoms with Crippen LogP contribution in [0.2, 0.25) is 0 Å². The maximum atomic E-state index is 13.2. The number of carbonyl (C=O) groups excluding carboxylic acids is 2. The van der Waals surface area contributed by atoms with Gasteiger partial charge in [-0.1, -0.05) is 48.5 Å². The van der Waals surface area contributed by atoms with Gasteiger partial charge in [0.05, 0.1) is 4.70 Å². The summed E-state index contributed by atoms with van der Waals surface area (Å²) in [5.74, 6) is -0.940. The zero-order chi connectivity index (χ0) is 23.8. The Balaban J connectivity index is 1.74. The van der Waals surface area contributed by atoms with Gasteiger partial charge in [-0.05, 0) is 43.7 Å². The Bertz CT molecular complexity index is 1540. The molecule has 0 saturated heterocycles. The second kappa shape index (κ2) is 8.58. The Morgan fingerprint density at radius 3 is 2.35 bits per heavy atom. The van der Waals surface area contributed by atoms with Gasteiger partial charge in [-0.3, -0.25) is 19.1 Å². The molecule has 2 amide bonds. The van der Waals surface area contributed by atoms with E-state index in [9.17, 15) is 14.9 Å². The number of hydrogen-bond donors (Lipinski definition) is 0. The smallest absolute Gasteiger partial charge is 0.271 e. The predicted octanol–water partition coefficient (Wildman–Crippen LogP) is 5.37. The fourth-order valence-electron chi connectivity index (χ4n) is 4.12. The molecule has 0 unspecified atom stereocenters. The Morgan fingerprint density at radius 1 is 1.03 bits per heavy atom. The maximum Gasteiger partial charge on any atom is 0.271 e. The number of para-hydroxylation sites is 1. The number of likely N-dealkylation sites (N-methyl/N-ethyl adjacent to an activating group) is 1. The highest BCUT2D eigenvalue weighted by molar-refractivity contribution is 7.21. The fraction of sp³-hybridized carbons (Fsp3) is 0.111. The van der Waals surface area contributed by atoms with Crippen LogP contribution in [0, 0.1) is 11.3 Å². The van der Waals surface area contributed by atoms with Crippen molar-refractivity contribution in [1.29, 1.82) is 5.26 Å². The van der Waals surface area contributed by atoms with Crippen LogP contribution in [-0.4, -0.2) is 32.8 Å². The number of thiazole rings is 1. The van der Waals surface area contributed by atoms with Crippen LogP contribution in [0.5, 0.6) is 0 Å². The molecule has 0 radical (unpaired) electrons. The largest absolute Gasteiger partial charge is 0.294 e. The molecule has 5 rings (SSSR count). The van der Waals surface area contributed by atoms with Gasteiger partial charge in [-0.2, -0.15) is 5.26 Å². The Labute approximate surface area is 200 Å². The topological polar surface area (TPSA) is 79.0 Å². The van der Waals surface area contributed by atoms with E-state index < -0.39 is 11.8 Å². The molecule has 0 atom stereocenters. The number of aromatic nitrogens is 2. The Morgan fingerprint density at radius 2 is 1.71 bits per heavy atom. The summed E-state index contributed by atoms with van der Waals surface area (Å²) in [5, 5.41) is 10.5. The summed E-state index contributed by atoms with van der Waals surface area (Å²) < 4.78 is 2.98. The first-order chi connectivity index (χ1) is 16.5. The Hall–Kier alpha value is -4.28. The van der Waals surface area contributed by atoms with Crippen molar-refractivity contribution >= 4 is 39.6 Å². The monoisotopic (exact) mass is 464 g/mol. The summed E-state index contributed by atoms with van der Waals surface area (Å²) in [7, 11) is 0. The van der Waals surface area contributed by atoms with Crippen molar-refractivity contribution in [3.63, 3.8) is 0 Å². The number of rotatable bonds is 4. The summed E-state index contributed by atoms with van der Waals surface area (Å²) in [6.07, 6.45) is 1.76. The zero-order valence-corrected chi connectivity index (χ0v) is 19.5. The van der Waals surface area contributed by atoms with Gasteiger partial charge in [0.15, 0.2) is 5.65 Å². The second-order valence-corrected chi connectivity index (χ2v) is 8.87. The minimum atomic E-state index is -0.543. The molecule has 0 N–H and O–H groups in total. The van der Waals surface area contributed by atoms with Crippen LogP contribution in [0.4, 0.5) is 0 Å². The average Bonchev–Trinajstić information content (AvgIpc) is 3.41. The number of imide groups is 1. The molecule has 3 heterocycles. The van der Waals surface area contributed by atoms with Crippen LogP contribution in [0.1, 0.15) is 19.5 Å². The van der Waals surface area contributed by atoms with Gasteiger partial charge in [0, 0.05) is 29.1 Å². The number of amides is 2. The van der Waals surface area contributed by atoms with Gasteiger partial charge in [0.1, 0.15) is 16.6 Å². The normalized spacial score (nSPS) is 15.4. The van der Waals surface area contributed by atoms with Gasteiger partial charge in [0.2, 0.25) is 0 Å². The highest BCUT2D eigenvalue weighted by Crippen LogP contribution is 2.36. The quantitative estimate of drug-likeness (QED) is 0.301. The van der Waals surface area contributed by atoms with Gasteiger partial charge >= 0.3 is 0 Å². The van der Waals surface area contributed by atoms with E-state index in [1.165, 1.54) is 0 Å². The highest BCUT2D eigenvalue weighted by atomic mass is 32.1. The van der Waals surface area contributed by atoms with Gasteiger partial charge < -0.3 is 0 Å². The molecule has 0 spiro atoms. The minimum Gasteiger partial charge on any atom is -0.294 e. The van der Waals surface area contributed by atoms with Crippen LogP contribution in [0.3, 0.4) is 0 Å². The van der Waals surface area contributed by atoms with Crippen LogP contribution < -0.4 is 0 Å². The van der Waals surface area contributed by atoms with Crippen LogP contribution in [-0.2, 0) is 9.59 Å². The van der Waals surface area contributed by atoms with Crippen molar-refractivity contribution in [2.75, 3.05) is 6.54 Å². The van der Waals surface area contributed by atoms with E-state index in [2.05, 4.69) is 0 Å². The number of nitrogens with zero attached hydrogens (tertiary/aromatic N) is 4. The van der Waals surface area contributed by atoms with Crippen molar-refractivity contribution in [2.45, 2.75) is 13.8 Å². The molecule has 166 valence electrons. The average molecular weight is 465 g/mol. The molecule has 0 saturated carbocycles. The third-order valence-corrected chi connectivity index (χ3v) is 6.89. The molecule has 2 aromatic carbocycles. The summed E-state index contributed by atoms with van der Waals surface area (Å²) in [6.45, 7) is 3.57. The van der Waals surface area contributed by atoms with E-state index in [-0.39, 0.29) is 12.1 Å². The fourth-order valence-corrected chi connectivity index (χ4v) is 5.13. The molecule has 0 aliphatic carbocycles. The summed E-state index contributed by atoms with van der Waals surface area (Å²) in [4.78, 5) is 31.7. The van der Waals surface area contributed by atoms with Gasteiger partial charge in [-0.25, -0.2) is 4.98 Å². The summed E-state index contributed by atoms with van der Waals surface area (Å²) >= 11 is 1.58. The molecule has 1 aliphatic heterocycles. The second-order valence-electron chi connectivity index (χ2n) is 7.84. The van der Waals surface area contributed by atoms with Crippen LogP contribution in [0.25, 0.3) is 32.7 Å². The van der Waals surface area contributed by atoms with E-state index in [0.29, 0.717) is 11.1 Å². The van der Waals surface area contributed by atoms with Crippen LogP contribution >= 0.6 is 11.3 Å². The van der Waals surface area contributed by atoms with Crippen LogP contribution in [0.15, 0.2) is 83.4 Å². The molecule has 2 aromatic heterocycles. The van der Waals surface area contributed by atoms with E-state index in [0.717, 1.165) is 37.2 Å². The molecule has 7 heteroatoms. The lowest BCUT2D eigenvalue weighted by molar-refractivity contribution is -0.140. The predicted molar refractivity (Wildman–Crippen MR) is 133 cm³/mol. The molecule has 1 aliphatic rings. The maximum absolute atomic E-state index is 13.2. The third kappa shape index (κ3) is 3.45. The number of benzene rings is 2. The zero-order valence-electron chi connectivity index (χ0n) is 18.6. The number of hydrogen-bond acceptors (Lipinski definition) is 5. The standard InChI is InChI=1S/C27H20N4O2S/c1-3-30-26(32)21(17(2)22(16-28)27(30)33)14-20-15-23-24(31(20)19-12-8-5-9-13-19)29-25(34-23)18-10-6-4-7-11-18/h4-15H,3H2,1-2H3/b21-14-. The molecule has 6 nitrogen and oxygen atoms in total. The van der Waals surface area contributed by atoms with Crippen molar-refractivity contribution in [2.24, 2.45) is 0 Å². The van der Waals surface area contributed by atoms with E-state index >= 15 is 0 Å². The summed E-state index contributed by atoms with van der Waals surface area (Å²) in [6, 6.07) is 23.8. The lowest BCUT2D eigenvalue weighted by Crippen LogP contribution is -2.42. The first-order valence-electron chi connectivity index (χ1n) is 10.9. The summed E-state index contributed by atoms with van der Waals surface area (Å²) in [5.41, 5.74) is 4.22. The van der Waals surface area contributed by atoms with Crippen molar-refractivity contribution in [3.05, 3.63) is 89.1 Å². The SMILES string of the molecule is CCN1C(=O)C(C#N)=C(C)/C(=C/c2cc3sc(-c4ccccc4)nc3n2-c2ccccc2)C1=O. The molecule has 0 bridgehead atoms. The third-order valence-electron chi connectivity index (χ3n) is 5.85. The van der Waals surface area contributed by atoms with Gasteiger partial charge in [0.25, 0.3) is 11.8 Å². The number of carbonyl (C=O) groups is 2. The lowest BCUT2D eigenvalue weighted by atomic mass is 9.94. The molecule has 0 fully saturated rings. The van der Waals surface area contributed by atoms with Crippen molar-refractivity contribution < 1.29 is 9.59 Å². The van der Waals surface area contributed by atoms with E-state index in [1.807, 2.05) is 77.4 Å². The van der Waals surface area contributed by atoms with Crippen molar-refractivity contribution in [3.8, 4) is 22.3 Å².